The molecule has 0 saturated heterocycles. The minimum absolute atomic E-state index is 0.283. The first kappa shape index (κ1) is 19.8. The molecule has 0 fully saturated rings. The van der Waals surface area contributed by atoms with Crippen LogP contribution in [0.25, 0.3) is 0 Å². The zero-order chi connectivity index (χ0) is 19.5. The van der Waals surface area contributed by atoms with Crippen LogP contribution in [0.5, 0.6) is 11.5 Å². The van der Waals surface area contributed by atoms with Gasteiger partial charge in [-0.3, -0.25) is 4.98 Å². The highest BCUT2D eigenvalue weighted by atomic mass is 16.5. The molecule has 1 aromatic carbocycles. The molecule has 7 nitrogen and oxygen atoms in total. The zero-order valence-electron chi connectivity index (χ0n) is 15.6. The number of aliphatic hydroxyl groups is 2. The third-order valence-corrected chi connectivity index (χ3v) is 3.78. The Morgan fingerprint density at radius 1 is 0.885 bits per heavy atom. The van der Waals surface area contributed by atoms with Gasteiger partial charge in [0.25, 0.3) is 0 Å². The van der Waals surface area contributed by atoms with Gasteiger partial charge in [-0.05, 0) is 45.9 Å². The summed E-state index contributed by atoms with van der Waals surface area (Å²) in [5, 5.41) is 20.1. The van der Waals surface area contributed by atoms with E-state index in [4.69, 9.17) is 20.9 Å². The molecule has 0 radical (unpaired) electrons. The number of pyridine rings is 1. The molecule has 6 N–H and O–H groups in total. The van der Waals surface area contributed by atoms with E-state index >= 15 is 0 Å². The molecule has 0 unspecified atom stereocenters. The van der Waals surface area contributed by atoms with Crippen LogP contribution in [0.1, 0.15) is 39.0 Å². The molecule has 2 aromatic rings. The molecule has 1 aromatic heterocycles. The summed E-state index contributed by atoms with van der Waals surface area (Å²) >= 11 is 0. The van der Waals surface area contributed by atoms with Crippen molar-refractivity contribution in [3.8, 4) is 11.5 Å². The Hall–Kier alpha value is -2.51. The van der Waals surface area contributed by atoms with Gasteiger partial charge in [-0.15, -0.1) is 0 Å². The first-order valence-electron chi connectivity index (χ1n) is 8.35. The number of nitrogens with two attached hydrogens (primary N) is 2. The molecule has 0 aliphatic heterocycles. The Labute approximate surface area is 153 Å². The summed E-state index contributed by atoms with van der Waals surface area (Å²) in [5.41, 5.74) is 11.5. The third kappa shape index (κ3) is 5.00. The summed E-state index contributed by atoms with van der Waals surface area (Å²) < 4.78 is 11.2. The molecular weight excluding hydrogens is 334 g/mol. The number of hydrogen-bond donors (Lipinski definition) is 4. The maximum atomic E-state index is 10.1. The lowest BCUT2D eigenvalue weighted by Gasteiger charge is -2.21. The van der Waals surface area contributed by atoms with Crippen molar-refractivity contribution in [2.45, 2.75) is 38.9 Å². The Bertz CT molecular complexity index is 764. The van der Waals surface area contributed by atoms with Gasteiger partial charge in [-0.2, -0.15) is 0 Å². The SMILES string of the molecule is CC(C)(O)c1cc(OCCOc2cnc(C(C)(C)O)c(N)c2)ccc1N. The predicted octanol–water partition coefficient (Wildman–Crippen LogP) is 2.16. The lowest BCUT2D eigenvalue weighted by molar-refractivity contribution is 0.0745. The van der Waals surface area contributed by atoms with Crippen molar-refractivity contribution in [3.05, 3.63) is 41.7 Å². The number of nitrogen functional groups attached to an aromatic ring is 2. The van der Waals surface area contributed by atoms with E-state index < -0.39 is 11.2 Å². The fourth-order valence-corrected chi connectivity index (χ4v) is 2.53. The van der Waals surface area contributed by atoms with Crippen molar-refractivity contribution in [1.82, 2.24) is 4.98 Å². The highest BCUT2D eigenvalue weighted by Crippen LogP contribution is 2.29. The van der Waals surface area contributed by atoms with Gasteiger partial charge in [0.15, 0.2) is 0 Å². The van der Waals surface area contributed by atoms with Crippen LogP contribution >= 0.6 is 0 Å². The number of nitrogens with zero attached hydrogens (tertiary/aromatic N) is 1. The number of aromatic nitrogens is 1. The molecular formula is C19H27N3O4. The van der Waals surface area contributed by atoms with Crippen LogP contribution in [-0.2, 0) is 11.2 Å². The summed E-state index contributed by atoms with van der Waals surface area (Å²) in [6.07, 6.45) is 1.51. The summed E-state index contributed by atoms with van der Waals surface area (Å²) in [6, 6.07) is 6.77. The zero-order valence-corrected chi connectivity index (χ0v) is 15.6. The monoisotopic (exact) mass is 361 g/mol. The normalized spacial score (nSPS) is 12.1. The van der Waals surface area contributed by atoms with E-state index in [1.807, 2.05) is 0 Å². The number of anilines is 2. The van der Waals surface area contributed by atoms with Crippen LogP contribution in [0.2, 0.25) is 0 Å². The largest absolute Gasteiger partial charge is 0.490 e. The summed E-state index contributed by atoms with van der Waals surface area (Å²) in [6.45, 7) is 7.15. The Morgan fingerprint density at radius 2 is 1.50 bits per heavy atom. The van der Waals surface area contributed by atoms with E-state index in [-0.39, 0.29) is 6.61 Å². The topological polar surface area (TPSA) is 124 Å². The summed E-state index contributed by atoms with van der Waals surface area (Å²) in [4.78, 5) is 4.15. The van der Waals surface area contributed by atoms with E-state index in [1.54, 1.807) is 52.0 Å². The number of ether oxygens (including phenoxy) is 2. The summed E-state index contributed by atoms with van der Waals surface area (Å²) in [7, 11) is 0. The predicted molar refractivity (Wildman–Crippen MR) is 101 cm³/mol. The van der Waals surface area contributed by atoms with Gasteiger partial charge in [-0.25, -0.2) is 0 Å². The van der Waals surface area contributed by atoms with Crippen LogP contribution in [0.4, 0.5) is 11.4 Å². The molecule has 7 heteroatoms. The van der Waals surface area contributed by atoms with Crippen molar-refractivity contribution >= 4 is 11.4 Å². The number of hydrogen-bond acceptors (Lipinski definition) is 7. The lowest BCUT2D eigenvalue weighted by atomic mass is 9.96. The second-order valence-corrected chi connectivity index (χ2v) is 7.17. The molecule has 0 bridgehead atoms. The van der Waals surface area contributed by atoms with E-state index in [1.165, 1.54) is 6.20 Å². The van der Waals surface area contributed by atoms with Crippen molar-refractivity contribution in [2.24, 2.45) is 0 Å². The van der Waals surface area contributed by atoms with Crippen LogP contribution in [0.15, 0.2) is 30.5 Å². The molecule has 0 aliphatic carbocycles. The minimum Gasteiger partial charge on any atom is -0.490 e. The average molecular weight is 361 g/mol. The Morgan fingerprint density at radius 3 is 2.04 bits per heavy atom. The van der Waals surface area contributed by atoms with Crippen LogP contribution < -0.4 is 20.9 Å². The Balaban J connectivity index is 1.93. The van der Waals surface area contributed by atoms with E-state index in [0.717, 1.165) is 0 Å². The quantitative estimate of drug-likeness (QED) is 0.440. The molecule has 0 spiro atoms. The highest BCUT2D eigenvalue weighted by molar-refractivity contribution is 5.53. The van der Waals surface area contributed by atoms with Crippen LogP contribution in [0, 0.1) is 0 Å². The molecule has 0 amide bonds. The maximum absolute atomic E-state index is 10.1. The van der Waals surface area contributed by atoms with Gasteiger partial charge >= 0.3 is 0 Å². The number of benzene rings is 1. The van der Waals surface area contributed by atoms with E-state index in [9.17, 15) is 10.2 Å². The second-order valence-electron chi connectivity index (χ2n) is 7.17. The van der Waals surface area contributed by atoms with E-state index in [2.05, 4.69) is 4.98 Å². The van der Waals surface area contributed by atoms with Crippen LogP contribution in [0.3, 0.4) is 0 Å². The van der Waals surface area contributed by atoms with Crippen molar-refractivity contribution in [1.29, 1.82) is 0 Å². The second kappa shape index (κ2) is 7.39. The van der Waals surface area contributed by atoms with Gasteiger partial charge < -0.3 is 31.2 Å². The fraction of sp³-hybridized carbons (Fsp3) is 0.421. The molecule has 142 valence electrons. The average Bonchev–Trinajstić information content (AvgIpc) is 2.50. The summed E-state index contributed by atoms with van der Waals surface area (Å²) in [5.74, 6) is 1.09. The van der Waals surface area contributed by atoms with Gasteiger partial charge in [-0.1, -0.05) is 0 Å². The van der Waals surface area contributed by atoms with E-state index in [0.29, 0.717) is 40.7 Å². The minimum atomic E-state index is -1.11. The standard InChI is InChI=1S/C19H27N3O4/c1-18(2,23)14-9-12(5-6-15(14)20)25-7-8-26-13-10-16(21)17(22-11-13)19(3,4)24/h5-6,9-11,23-24H,7-8,20-21H2,1-4H3. The molecule has 0 saturated carbocycles. The highest BCUT2D eigenvalue weighted by Gasteiger charge is 2.21. The first-order chi connectivity index (χ1) is 12.0. The van der Waals surface area contributed by atoms with Crippen molar-refractivity contribution < 1.29 is 19.7 Å². The van der Waals surface area contributed by atoms with Crippen molar-refractivity contribution in [2.75, 3.05) is 24.7 Å². The Kier molecular flexibility index (Phi) is 5.63. The molecule has 0 aliphatic rings. The third-order valence-electron chi connectivity index (χ3n) is 3.78. The fourth-order valence-electron chi connectivity index (χ4n) is 2.53. The lowest BCUT2D eigenvalue weighted by Crippen LogP contribution is -2.20. The smallest absolute Gasteiger partial charge is 0.139 e. The molecule has 26 heavy (non-hydrogen) atoms. The van der Waals surface area contributed by atoms with Gasteiger partial charge in [0, 0.05) is 17.3 Å². The van der Waals surface area contributed by atoms with Crippen LogP contribution in [-0.4, -0.2) is 28.4 Å². The van der Waals surface area contributed by atoms with Gasteiger partial charge in [0.05, 0.1) is 23.2 Å². The first-order valence-corrected chi connectivity index (χ1v) is 8.35. The molecule has 2 rings (SSSR count). The maximum Gasteiger partial charge on any atom is 0.139 e. The van der Waals surface area contributed by atoms with Gasteiger partial charge in [0.2, 0.25) is 0 Å². The van der Waals surface area contributed by atoms with Gasteiger partial charge in [0.1, 0.15) is 30.3 Å². The number of rotatable bonds is 7. The molecule has 0 atom stereocenters. The van der Waals surface area contributed by atoms with Crippen molar-refractivity contribution in [3.63, 3.8) is 0 Å². The molecule has 1 heterocycles.